The van der Waals surface area contributed by atoms with Gasteiger partial charge in [0.1, 0.15) is 12.4 Å². The minimum atomic E-state index is 0.181. The highest BCUT2D eigenvalue weighted by Crippen LogP contribution is 2.51. The van der Waals surface area contributed by atoms with Gasteiger partial charge in [-0.15, -0.1) is 0 Å². The molecule has 1 saturated carbocycles. The highest BCUT2D eigenvalue weighted by Gasteiger charge is 2.47. The molecule has 1 aliphatic carbocycles. The van der Waals surface area contributed by atoms with Crippen LogP contribution in [0.4, 0.5) is 0 Å². The summed E-state index contributed by atoms with van der Waals surface area (Å²) >= 11 is 3.62. The molecule has 0 aromatic heterocycles. The third-order valence-electron chi connectivity index (χ3n) is 4.40. The Morgan fingerprint density at radius 2 is 1.90 bits per heavy atom. The van der Waals surface area contributed by atoms with Crippen LogP contribution in [0.5, 0.6) is 5.75 Å². The lowest BCUT2D eigenvalue weighted by Crippen LogP contribution is -2.31. The number of rotatable bonds is 5. The van der Waals surface area contributed by atoms with Gasteiger partial charge in [0.25, 0.3) is 0 Å². The number of benzene rings is 2. The predicted octanol–water partition coefficient (Wildman–Crippen LogP) is 4.41. The molecule has 3 heteroatoms. The number of halogens is 1. The Bertz CT molecular complexity index is 620. The van der Waals surface area contributed by atoms with E-state index in [2.05, 4.69) is 47.1 Å². The van der Waals surface area contributed by atoms with Gasteiger partial charge in [-0.1, -0.05) is 36.4 Å². The van der Waals surface area contributed by atoms with Gasteiger partial charge in [-0.25, -0.2) is 0 Å². The predicted molar refractivity (Wildman–Crippen MR) is 89.5 cm³/mol. The van der Waals surface area contributed by atoms with Crippen molar-refractivity contribution in [3.05, 3.63) is 64.1 Å². The molecule has 2 aromatic carbocycles. The summed E-state index contributed by atoms with van der Waals surface area (Å²) in [6.45, 7) is 2.68. The summed E-state index contributed by atoms with van der Waals surface area (Å²) in [5.74, 6) is 0.878. The van der Waals surface area contributed by atoms with Crippen molar-refractivity contribution < 1.29 is 4.74 Å². The fourth-order valence-electron chi connectivity index (χ4n) is 2.80. The molecule has 1 unspecified atom stereocenters. The minimum Gasteiger partial charge on any atom is -0.488 e. The van der Waals surface area contributed by atoms with Crippen LogP contribution in [0.25, 0.3) is 0 Å². The maximum absolute atomic E-state index is 6.14. The third-order valence-corrected chi connectivity index (χ3v) is 5.02. The van der Waals surface area contributed by atoms with Crippen molar-refractivity contribution in [3.63, 3.8) is 0 Å². The Kier molecular flexibility index (Phi) is 4.05. The van der Waals surface area contributed by atoms with Crippen molar-refractivity contribution in [3.8, 4) is 5.75 Å². The largest absolute Gasteiger partial charge is 0.488 e. The van der Waals surface area contributed by atoms with Crippen molar-refractivity contribution in [2.24, 2.45) is 5.73 Å². The summed E-state index contributed by atoms with van der Waals surface area (Å²) in [6.07, 6.45) is 2.36. The summed E-state index contributed by atoms with van der Waals surface area (Å²) in [7, 11) is 0. The molecule has 0 spiro atoms. The van der Waals surface area contributed by atoms with Crippen LogP contribution >= 0.6 is 15.9 Å². The molecular weight excluding hydrogens is 326 g/mol. The molecule has 110 valence electrons. The van der Waals surface area contributed by atoms with Crippen LogP contribution in [0.15, 0.2) is 53.0 Å². The Morgan fingerprint density at radius 3 is 2.48 bits per heavy atom. The van der Waals surface area contributed by atoms with Crippen molar-refractivity contribution in [1.29, 1.82) is 0 Å². The molecule has 0 radical (unpaired) electrons. The van der Waals surface area contributed by atoms with E-state index < -0.39 is 0 Å². The number of hydrogen-bond donors (Lipinski definition) is 1. The lowest BCUT2D eigenvalue weighted by Gasteiger charge is -2.21. The number of ether oxygens (including phenoxy) is 1. The molecule has 1 aliphatic rings. The zero-order valence-electron chi connectivity index (χ0n) is 12.2. The molecule has 2 nitrogen and oxygen atoms in total. The molecule has 2 N–H and O–H groups in total. The first-order valence-electron chi connectivity index (χ1n) is 7.34. The van der Waals surface area contributed by atoms with E-state index in [9.17, 15) is 0 Å². The van der Waals surface area contributed by atoms with Crippen LogP contribution in [-0.4, -0.2) is 6.04 Å². The summed E-state index contributed by atoms with van der Waals surface area (Å²) in [5.41, 5.74) is 8.81. The second-order valence-electron chi connectivity index (χ2n) is 5.86. The average molecular weight is 346 g/mol. The standard InChI is InChI=1S/C18H20BrNO/c1-13(20)18(9-10-18)15-7-8-17(16(19)11-15)21-12-14-5-3-2-4-6-14/h2-8,11,13H,9-10,12,20H2,1H3. The molecule has 21 heavy (non-hydrogen) atoms. The van der Waals surface area contributed by atoms with E-state index in [1.165, 1.54) is 24.0 Å². The van der Waals surface area contributed by atoms with Crippen LogP contribution < -0.4 is 10.5 Å². The summed E-state index contributed by atoms with van der Waals surface area (Å²) in [5, 5.41) is 0. The molecule has 0 bridgehead atoms. The normalized spacial score (nSPS) is 17.3. The van der Waals surface area contributed by atoms with Gasteiger partial charge in [-0.3, -0.25) is 0 Å². The lowest BCUT2D eigenvalue weighted by molar-refractivity contribution is 0.304. The van der Waals surface area contributed by atoms with Crippen LogP contribution in [0.2, 0.25) is 0 Å². The molecule has 0 amide bonds. The monoisotopic (exact) mass is 345 g/mol. The van der Waals surface area contributed by atoms with Crippen molar-refractivity contribution >= 4 is 15.9 Å². The van der Waals surface area contributed by atoms with E-state index in [4.69, 9.17) is 10.5 Å². The topological polar surface area (TPSA) is 35.2 Å². The van der Waals surface area contributed by atoms with Crippen LogP contribution in [0.3, 0.4) is 0 Å². The molecule has 0 aliphatic heterocycles. The molecule has 1 atom stereocenters. The molecule has 1 fully saturated rings. The van der Waals surface area contributed by atoms with Crippen molar-refractivity contribution in [2.75, 3.05) is 0 Å². The molecule has 0 saturated heterocycles. The average Bonchev–Trinajstić information content (AvgIpc) is 3.29. The van der Waals surface area contributed by atoms with Gasteiger partial charge in [0.15, 0.2) is 0 Å². The summed E-state index contributed by atoms with van der Waals surface area (Å²) < 4.78 is 6.90. The molecular formula is C18H20BrNO. The minimum absolute atomic E-state index is 0.181. The maximum atomic E-state index is 6.14. The number of hydrogen-bond acceptors (Lipinski definition) is 2. The Hall–Kier alpha value is -1.32. The molecule has 3 rings (SSSR count). The Balaban J connectivity index is 1.73. The highest BCUT2D eigenvalue weighted by atomic mass is 79.9. The van der Waals surface area contributed by atoms with Gasteiger partial charge >= 0.3 is 0 Å². The van der Waals surface area contributed by atoms with Crippen molar-refractivity contribution in [2.45, 2.75) is 37.8 Å². The lowest BCUT2D eigenvalue weighted by atomic mass is 9.89. The second kappa shape index (κ2) is 5.82. The fraction of sp³-hybridized carbons (Fsp3) is 0.333. The highest BCUT2D eigenvalue weighted by molar-refractivity contribution is 9.10. The number of nitrogens with two attached hydrogens (primary N) is 1. The van der Waals surface area contributed by atoms with E-state index >= 15 is 0 Å². The summed E-state index contributed by atoms with van der Waals surface area (Å²) in [6, 6.07) is 16.8. The quantitative estimate of drug-likeness (QED) is 0.871. The zero-order valence-corrected chi connectivity index (χ0v) is 13.8. The fourth-order valence-corrected chi connectivity index (χ4v) is 3.30. The maximum Gasteiger partial charge on any atom is 0.134 e. The first kappa shape index (κ1) is 14.6. The van der Waals surface area contributed by atoms with Gasteiger partial charge in [0, 0.05) is 11.5 Å². The van der Waals surface area contributed by atoms with E-state index in [-0.39, 0.29) is 11.5 Å². The first-order valence-corrected chi connectivity index (χ1v) is 8.13. The van der Waals surface area contributed by atoms with Crippen molar-refractivity contribution in [1.82, 2.24) is 0 Å². The van der Waals surface area contributed by atoms with Gasteiger partial charge in [0.05, 0.1) is 4.47 Å². The Morgan fingerprint density at radius 1 is 1.19 bits per heavy atom. The molecule has 2 aromatic rings. The van der Waals surface area contributed by atoms with Gasteiger partial charge in [-0.2, -0.15) is 0 Å². The van der Waals surface area contributed by atoms with E-state index in [1.54, 1.807) is 0 Å². The van der Waals surface area contributed by atoms with E-state index in [1.807, 2.05) is 24.3 Å². The van der Waals surface area contributed by atoms with Gasteiger partial charge < -0.3 is 10.5 Å². The third kappa shape index (κ3) is 2.99. The van der Waals surface area contributed by atoms with Gasteiger partial charge in [0.2, 0.25) is 0 Å². The van der Waals surface area contributed by atoms with E-state index in [0.29, 0.717) is 6.61 Å². The zero-order chi connectivity index (χ0) is 14.9. The van der Waals surface area contributed by atoms with Crippen LogP contribution in [0, 0.1) is 0 Å². The van der Waals surface area contributed by atoms with Crippen LogP contribution in [-0.2, 0) is 12.0 Å². The Labute approximate surface area is 134 Å². The first-order chi connectivity index (χ1) is 10.1. The smallest absolute Gasteiger partial charge is 0.134 e. The summed E-state index contributed by atoms with van der Waals surface area (Å²) in [4.78, 5) is 0. The second-order valence-corrected chi connectivity index (χ2v) is 6.72. The van der Waals surface area contributed by atoms with Crippen LogP contribution in [0.1, 0.15) is 30.9 Å². The van der Waals surface area contributed by atoms with Gasteiger partial charge in [-0.05, 0) is 59.0 Å². The molecule has 0 heterocycles. The SMILES string of the molecule is CC(N)C1(c2ccc(OCc3ccccc3)c(Br)c2)CC1. The van der Waals surface area contributed by atoms with E-state index in [0.717, 1.165) is 10.2 Å².